The standard InChI is InChI=1S/C29H22Br2N2O4/c1-2-35-23-9-10-26-22(14-23)15-27(37-26)29(34)33-32-16-19-12-24(30)28(25(31)13-19)36-17-18-7-8-20-5-3-4-6-21(20)11-18/h3-16H,2,17H2,1H3,(H,33,34)/b32-16+. The number of ether oxygens (including phenoxy) is 2. The molecule has 0 atom stereocenters. The predicted octanol–water partition coefficient (Wildman–Crippen LogP) is 7.85. The van der Waals surface area contributed by atoms with Crippen molar-refractivity contribution in [3.63, 3.8) is 0 Å². The number of rotatable bonds is 8. The highest BCUT2D eigenvalue weighted by molar-refractivity contribution is 9.11. The summed E-state index contributed by atoms with van der Waals surface area (Å²) in [6.07, 6.45) is 1.55. The zero-order valence-electron chi connectivity index (χ0n) is 19.8. The molecule has 0 unspecified atom stereocenters. The highest BCUT2D eigenvalue weighted by atomic mass is 79.9. The molecular weight excluding hydrogens is 600 g/mol. The van der Waals surface area contributed by atoms with Crippen LogP contribution in [0.15, 0.2) is 97.3 Å². The van der Waals surface area contributed by atoms with E-state index in [0.29, 0.717) is 24.5 Å². The van der Waals surface area contributed by atoms with Crippen molar-refractivity contribution < 1.29 is 18.7 Å². The lowest BCUT2D eigenvalue weighted by molar-refractivity contribution is 0.0929. The number of hydrogen-bond donors (Lipinski definition) is 1. The van der Waals surface area contributed by atoms with E-state index >= 15 is 0 Å². The van der Waals surface area contributed by atoms with E-state index in [0.717, 1.165) is 31.2 Å². The molecule has 0 saturated heterocycles. The minimum absolute atomic E-state index is 0.167. The average Bonchev–Trinajstić information content (AvgIpc) is 3.32. The average molecular weight is 622 g/mol. The van der Waals surface area contributed by atoms with Gasteiger partial charge in [-0.05, 0) is 103 Å². The highest BCUT2D eigenvalue weighted by Gasteiger charge is 2.13. The molecule has 1 heterocycles. The van der Waals surface area contributed by atoms with Crippen molar-refractivity contribution in [1.82, 2.24) is 5.43 Å². The Bertz CT molecular complexity index is 1600. The van der Waals surface area contributed by atoms with Gasteiger partial charge >= 0.3 is 5.91 Å². The lowest BCUT2D eigenvalue weighted by Gasteiger charge is -2.12. The molecule has 1 aromatic heterocycles. The number of hydrogen-bond acceptors (Lipinski definition) is 5. The van der Waals surface area contributed by atoms with E-state index in [1.807, 2.05) is 37.3 Å². The van der Waals surface area contributed by atoms with E-state index in [2.05, 4.69) is 72.7 Å². The van der Waals surface area contributed by atoms with Gasteiger partial charge in [0, 0.05) is 5.39 Å². The van der Waals surface area contributed by atoms with Crippen molar-refractivity contribution in [1.29, 1.82) is 0 Å². The first-order valence-electron chi connectivity index (χ1n) is 11.6. The maximum absolute atomic E-state index is 12.5. The summed E-state index contributed by atoms with van der Waals surface area (Å²) in [4.78, 5) is 12.5. The molecule has 5 aromatic rings. The maximum atomic E-state index is 12.5. The molecule has 6 nitrogen and oxygen atoms in total. The van der Waals surface area contributed by atoms with Gasteiger partial charge in [-0.3, -0.25) is 4.79 Å². The molecule has 37 heavy (non-hydrogen) atoms. The van der Waals surface area contributed by atoms with Crippen molar-refractivity contribution in [2.24, 2.45) is 5.10 Å². The quantitative estimate of drug-likeness (QED) is 0.141. The first-order chi connectivity index (χ1) is 18.0. The Morgan fingerprint density at radius 2 is 1.70 bits per heavy atom. The Hall–Kier alpha value is -3.62. The zero-order chi connectivity index (χ0) is 25.8. The van der Waals surface area contributed by atoms with Crippen molar-refractivity contribution in [3.05, 3.63) is 105 Å². The van der Waals surface area contributed by atoms with Crippen molar-refractivity contribution in [2.75, 3.05) is 6.61 Å². The molecule has 0 spiro atoms. The van der Waals surface area contributed by atoms with Crippen LogP contribution in [0.2, 0.25) is 0 Å². The minimum atomic E-state index is -0.445. The first-order valence-corrected chi connectivity index (χ1v) is 13.2. The minimum Gasteiger partial charge on any atom is -0.494 e. The summed E-state index contributed by atoms with van der Waals surface area (Å²) in [5, 5.41) is 7.23. The molecule has 4 aromatic carbocycles. The lowest BCUT2D eigenvalue weighted by atomic mass is 10.1. The number of halogens is 2. The molecule has 0 aliphatic carbocycles. The fourth-order valence-electron chi connectivity index (χ4n) is 3.89. The van der Waals surface area contributed by atoms with Gasteiger partial charge in [0.25, 0.3) is 0 Å². The number of furan rings is 1. The fraction of sp³-hybridized carbons (Fsp3) is 0.103. The van der Waals surface area contributed by atoms with E-state index in [1.165, 1.54) is 10.8 Å². The van der Waals surface area contributed by atoms with Gasteiger partial charge in [0.1, 0.15) is 23.7 Å². The second-order valence-electron chi connectivity index (χ2n) is 8.23. The molecule has 186 valence electrons. The van der Waals surface area contributed by atoms with Gasteiger partial charge in [-0.2, -0.15) is 5.10 Å². The summed E-state index contributed by atoms with van der Waals surface area (Å²) in [7, 11) is 0. The van der Waals surface area contributed by atoms with Crippen LogP contribution in [0.25, 0.3) is 21.7 Å². The summed E-state index contributed by atoms with van der Waals surface area (Å²) >= 11 is 7.15. The smallest absolute Gasteiger partial charge is 0.307 e. The van der Waals surface area contributed by atoms with E-state index in [4.69, 9.17) is 13.9 Å². The SMILES string of the molecule is CCOc1ccc2oc(C(=O)N/N=C/c3cc(Br)c(OCc4ccc5ccccc5c4)c(Br)c3)cc2c1. The Morgan fingerprint density at radius 1 is 0.919 bits per heavy atom. The van der Waals surface area contributed by atoms with Crippen LogP contribution < -0.4 is 14.9 Å². The largest absolute Gasteiger partial charge is 0.494 e. The first kappa shape index (κ1) is 25.0. The molecular formula is C29H22Br2N2O4. The van der Waals surface area contributed by atoms with Crippen molar-refractivity contribution in [3.8, 4) is 11.5 Å². The summed E-state index contributed by atoms with van der Waals surface area (Å²) < 4.78 is 18.7. The third-order valence-electron chi connectivity index (χ3n) is 5.62. The highest BCUT2D eigenvalue weighted by Crippen LogP contribution is 2.35. The van der Waals surface area contributed by atoms with Gasteiger partial charge in [-0.25, -0.2) is 5.43 Å². The van der Waals surface area contributed by atoms with Gasteiger partial charge in [0.2, 0.25) is 0 Å². The Labute approximate surface area is 230 Å². The predicted molar refractivity (Wildman–Crippen MR) is 153 cm³/mol. The van der Waals surface area contributed by atoms with E-state index < -0.39 is 5.91 Å². The number of nitrogens with one attached hydrogen (secondary N) is 1. The van der Waals surface area contributed by atoms with Gasteiger partial charge in [-0.1, -0.05) is 36.4 Å². The number of carbonyl (C=O) groups is 1. The molecule has 0 aliphatic rings. The molecule has 0 aliphatic heterocycles. The number of fused-ring (bicyclic) bond motifs is 2. The Morgan fingerprint density at radius 3 is 2.49 bits per heavy atom. The van der Waals surface area contributed by atoms with Crippen LogP contribution >= 0.6 is 31.9 Å². The van der Waals surface area contributed by atoms with Crippen LogP contribution in [-0.2, 0) is 6.61 Å². The summed E-state index contributed by atoms with van der Waals surface area (Å²) in [6, 6.07) is 25.3. The maximum Gasteiger partial charge on any atom is 0.307 e. The van der Waals surface area contributed by atoms with Crippen LogP contribution in [0.4, 0.5) is 0 Å². The molecule has 0 fully saturated rings. The van der Waals surface area contributed by atoms with E-state index in [9.17, 15) is 4.79 Å². The second-order valence-corrected chi connectivity index (χ2v) is 9.93. The van der Waals surface area contributed by atoms with E-state index in [1.54, 1.807) is 24.4 Å². The summed E-state index contributed by atoms with van der Waals surface area (Å²) in [5.74, 6) is 1.13. The third kappa shape index (κ3) is 5.87. The fourth-order valence-corrected chi connectivity index (χ4v) is 5.34. The van der Waals surface area contributed by atoms with E-state index in [-0.39, 0.29) is 5.76 Å². The molecule has 0 saturated carbocycles. The van der Waals surface area contributed by atoms with Gasteiger partial charge in [0.05, 0.1) is 21.8 Å². The normalized spacial score (nSPS) is 11.3. The van der Waals surface area contributed by atoms with Gasteiger partial charge in [0.15, 0.2) is 5.76 Å². The van der Waals surface area contributed by atoms with Crippen LogP contribution in [0.3, 0.4) is 0 Å². The zero-order valence-corrected chi connectivity index (χ0v) is 23.0. The Balaban J connectivity index is 1.23. The summed E-state index contributed by atoms with van der Waals surface area (Å²) in [5.41, 5.74) is 4.95. The van der Waals surface area contributed by atoms with Crippen molar-refractivity contribution >= 4 is 65.7 Å². The second kappa shape index (κ2) is 11.2. The van der Waals surface area contributed by atoms with Gasteiger partial charge in [-0.15, -0.1) is 0 Å². The molecule has 8 heteroatoms. The Kier molecular flexibility index (Phi) is 7.58. The third-order valence-corrected chi connectivity index (χ3v) is 6.80. The number of hydrazone groups is 1. The molecule has 0 bridgehead atoms. The van der Waals surface area contributed by atoms with Crippen LogP contribution in [0.5, 0.6) is 11.5 Å². The summed E-state index contributed by atoms with van der Waals surface area (Å²) in [6.45, 7) is 2.91. The number of amides is 1. The monoisotopic (exact) mass is 620 g/mol. The molecule has 0 radical (unpaired) electrons. The number of carbonyl (C=O) groups excluding carboxylic acids is 1. The van der Waals surface area contributed by atoms with Crippen molar-refractivity contribution in [2.45, 2.75) is 13.5 Å². The molecule has 1 amide bonds. The number of nitrogens with zero attached hydrogens (tertiary/aromatic N) is 1. The van der Waals surface area contributed by atoms with Crippen LogP contribution in [-0.4, -0.2) is 18.7 Å². The van der Waals surface area contributed by atoms with Crippen LogP contribution in [0.1, 0.15) is 28.6 Å². The lowest BCUT2D eigenvalue weighted by Crippen LogP contribution is -2.16. The molecule has 1 N–H and O–H groups in total. The van der Waals surface area contributed by atoms with Gasteiger partial charge < -0.3 is 13.9 Å². The number of benzene rings is 4. The topological polar surface area (TPSA) is 73.1 Å². The molecule has 5 rings (SSSR count). The van der Waals surface area contributed by atoms with Crippen LogP contribution in [0, 0.1) is 0 Å².